The van der Waals surface area contributed by atoms with Gasteiger partial charge in [-0.1, -0.05) is 52.9 Å². The lowest BCUT2D eigenvalue weighted by molar-refractivity contribution is -0.116. The number of aromatic nitrogens is 4. The van der Waals surface area contributed by atoms with Crippen LogP contribution < -0.4 is 5.32 Å². The predicted molar refractivity (Wildman–Crippen MR) is 99.9 cm³/mol. The summed E-state index contributed by atoms with van der Waals surface area (Å²) >= 11 is 2.87. The molecule has 0 unspecified atom stereocenters. The fourth-order valence-electron chi connectivity index (χ4n) is 2.24. The number of nitrogens with one attached hydrogen (secondary N) is 1. The zero-order chi connectivity index (χ0) is 17.8. The van der Waals surface area contributed by atoms with Crippen LogP contribution in [-0.4, -0.2) is 26.2 Å². The number of thiophene rings is 1. The maximum Gasteiger partial charge on any atom is 0.227 e. The molecule has 0 saturated carbocycles. The van der Waals surface area contributed by atoms with Crippen molar-refractivity contribution in [3.05, 3.63) is 53.7 Å². The van der Waals surface area contributed by atoms with Crippen LogP contribution in [0.25, 0.3) is 21.3 Å². The molecule has 0 spiro atoms. The number of rotatable bonds is 6. The van der Waals surface area contributed by atoms with Crippen molar-refractivity contribution in [2.45, 2.75) is 12.8 Å². The van der Waals surface area contributed by atoms with E-state index < -0.39 is 0 Å². The van der Waals surface area contributed by atoms with Crippen molar-refractivity contribution in [3.8, 4) is 21.3 Å². The molecule has 0 fully saturated rings. The first-order chi connectivity index (χ1) is 12.8. The quantitative estimate of drug-likeness (QED) is 0.543. The Labute approximate surface area is 156 Å². The third-order valence-electron chi connectivity index (χ3n) is 3.47. The Morgan fingerprint density at radius 1 is 1.12 bits per heavy atom. The highest BCUT2D eigenvalue weighted by Crippen LogP contribution is 2.26. The van der Waals surface area contributed by atoms with E-state index in [1.54, 1.807) is 0 Å². The van der Waals surface area contributed by atoms with E-state index >= 15 is 0 Å². The molecule has 0 bridgehead atoms. The second kappa shape index (κ2) is 7.54. The fraction of sp³-hybridized carbons (Fsp3) is 0.118. The Balaban J connectivity index is 1.33. The van der Waals surface area contributed by atoms with Crippen LogP contribution >= 0.6 is 22.7 Å². The van der Waals surface area contributed by atoms with E-state index in [-0.39, 0.29) is 12.3 Å². The first-order valence-electron chi connectivity index (χ1n) is 7.83. The number of nitrogens with zero attached hydrogens (tertiary/aromatic N) is 4. The van der Waals surface area contributed by atoms with Crippen LogP contribution in [0.5, 0.6) is 0 Å². The third kappa shape index (κ3) is 3.84. The number of aryl methyl sites for hydroxylation is 1. The van der Waals surface area contributed by atoms with Gasteiger partial charge in [-0.25, -0.2) is 0 Å². The van der Waals surface area contributed by atoms with E-state index in [0.29, 0.717) is 23.3 Å². The van der Waals surface area contributed by atoms with Gasteiger partial charge >= 0.3 is 0 Å². The van der Waals surface area contributed by atoms with Crippen LogP contribution in [0, 0.1) is 0 Å². The van der Waals surface area contributed by atoms with Crippen molar-refractivity contribution < 1.29 is 9.32 Å². The van der Waals surface area contributed by atoms with Crippen LogP contribution in [0.3, 0.4) is 0 Å². The highest BCUT2D eigenvalue weighted by atomic mass is 32.1. The number of carbonyl (C=O) groups is 1. The molecule has 0 aliphatic heterocycles. The zero-order valence-electron chi connectivity index (χ0n) is 13.5. The average Bonchev–Trinajstić information content (AvgIpc) is 3.41. The largest absolute Gasteiger partial charge is 0.339 e. The second-order valence-electron chi connectivity index (χ2n) is 5.32. The van der Waals surface area contributed by atoms with E-state index in [2.05, 4.69) is 25.7 Å². The molecular formula is C17H13N5O2S2. The summed E-state index contributed by atoms with van der Waals surface area (Å²) in [6.45, 7) is 0. The van der Waals surface area contributed by atoms with E-state index in [0.717, 1.165) is 15.4 Å². The molecule has 0 atom stereocenters. The minimum Gasteiger partial charge on any atom is -0.339 e. The van der Waals surface area contributed by atoms with Gasteiger partial charge in [0.2, 0.25) is 22.8 Å². The molecule has 0 aliphatic rings. The Morgan fingerprint density at radius 2 is 2.00 bits per heavy atom. The molecular weight excluding hydrogens is 370 g/mol. The lowest BCUT2D eigenvalue weighted by Gasteiger charge is -1.98. The van der Waals surface area contributed by atoms with Crippen LogP contribution in [0.4, 0.5) is 5.13 Å². The lowest BCUT2D eigenvalue weighted by Crippen LogP contribution is -2.12. The Hall–Kier alpha value is -2.91. The van der Waals surface area contributed by atoms with Gasteiger partial charge in [0.25, 0.3) is 0 Å². The van der Waals surface area contributed by atoms with Crippen molar-refractivity contribution in [2.75, 3.05) is 5.32 Å². The number of benzene rings is 1. The topological polar surface area (TPSA) is 93.8 Å². The molecule has 3 aromatic heterocycles. The second-order valence-corrected chi connectivity index (χ2v) is 7.24. The molecule has 1 N–H and O–H groups in total. The summed E-state index contributed by atoms with van der Waals surface area (Å²) in [7, 11) is 0. The minimum atomic E-state index is -0.170. The number of hydrogen-bond acceptors (Lipinski definition) is 8. The Bertz CT molecular complexity index is 995. The molecule has 1 aromatic carbocycles. The summed E-state index contributed by atoms with van der Waals surface area (Å²) < 4.78 is 5.19. The van der Waals surface area contributed by atoms with Gasteiger partial charge in [-0.2, -0.15) is 4.98 Å². The summed E-state index contributed by atoms with van der Waals surface area (Å²) in [4.78, 5) is 17.3. The number of hydrogen-bond donors (Lipinski definition) is 1. The van der Waals surface area contributed by atoms with Gasteiger partial charge in [0, 0.05) is 18.4 Å². The molecule has 130 valence electrons. The monoisotopic (exact) mass is 383 g/mol. The lowest BCUT2D eigenvalue weighted by atomic mass is 10.2. The van der Waals surface area contributed by atoms with Crippen LogP contribution in [0.1, 0.15) is 12.3 Å². The molecule has 1 amide bonds. The Morgan fingerprint density at radius 3 is 2.81 bits per heavy atom. The normalized spacial score (nSPS) is 10.8. The van der Waals surface area contributed by atoms with Crippen LogP contribution in [0.2, 0.25) is 0 Å². The number of carbonyl (C=O) groups excluding carboxylic acids is 1. The van der Waals surface area contributed by atoms with Gasteiger partial charge in [-0.15, -0.1) is 21.5 Å². The van der Waals surface area contributed by atoms with Gasteiger partial charge in [0.1, 0.15) is 5.01 Å². The molecule has 4 rings (SSSR count). The molecule has 7 nitrogen and oxygen atoms in total. The van der Waals surface area contributed by atoms with E-state index in [9.17, 15) is 4.79 Å². The van der Waals surface area contributed by atoms with Gasteiger partial charge in [0.05, 0.1) is 4.88 Å². The maximum atomic E-state index is 12.1. The average molecular weight is 383 g/mol. The van der Waals surface area contributed by atoms with Crippen molar-refractivity contribution in [1.82, 2.24) is 20.3 Å². The van der Waals surface area contributed by atoms with Gasteiger partial charge in [0.15, 0.2) is 0 Å². The summed E-state index contributed by atoms with van der Waals surface area (Å²) in [6.07, 6.45) is 0.598. The van der Waals surface area contributed by atoms with E-state index in [1.807, 2.05) is 47.8 Å². The molecule has 0 radical (unpaired) electrons. The van der Waals surface area contributed by atoms with Crippen LogP contribution in [-0.2, 0) is 11.2 Å². The van der Waals surface area contributed by atoms with Crippen molar-refractivity contribution in [1.29, 1.82) is 0 Å². The number of anilines is 1. The Kier molecular flexibility index (Phi) is 4.80. The van der Waals surface area contributed by atoms with Gasteiger partial charge in [-0.3, -0.25) is 4.79 Å². The summed E-state index contributed by atoms with van der Waals surface area (Å²) in [6, 6.07) is 13.6. The maximum absolute atomic E-state index is 12.1. The molecule has 0 aliphatic carbocycles. The highest BCUT2D eigenvalue weighted by molar-refractivity contribution is 7.18. The molecule has 4 aromatic rings. The van der Waals surface area contributed by atoms with Gasteiger partial charge in [-0.05, 0) is 11.4 Å². The predicted octanol–water partition coefficient (Wildman–Crippen LogP) is 3.89. The SMILES string of the molecule is O=C(CCc1nc(-c2cccs2)no1)Nc1nnc(-c2ccccc2)s1. The minimum absolute atomic E-state index is 0.170. The van der Waals surface area contributed by atoms with Crippen LogP contribution in [0.15, 0.2) is 52.4 Å². The summed E-state index contributed by atoms with van der Waals surface area (Å²) in [5.41, 5.74) is 0.970. The van der Waals surface area contributed by atoms with Crippen molar-refractivity contribution in [2.24, 2.45) is 0 Å². The summed E-state index contributed by atoms with van der Waals surface area (Å²) in [5.74, 6) is 0.814. The molecule has 26 heavy (non-hydrogen) atoms. The van der Waals surface area contributed by atoms with Gasteiger partial charge < -0.3 is 9.84 Å². The molecule has 0 saturated heterocycles. The zero-order valence-corrected chi connectivity index (χ0v) is 15.1. The highest BCUT2D eigenvalue weighted by Gasteiger charge is 2.13. The standard InChI is InChI=1S/C17H13N5O2S2/c23-13(8-9-14-19-15(22-24-14)12-7-4-10-25-12)18-17-21-20-16(26-17)11-5-2-1-3-6-11/h1-7,10H,8-9H2,(H,18,21,23). The fourth-order valence-corrected chi connectivity index (χ4v) is 3.65. The number of amides is 1. The van der Waals surface area contributed by atoms with E-state index in [1.165, 1.54) is 22.7 Å². The smallest absolute Gasteiger partial charge is 0.227 e. The molecule has 9 heteroatoms. The van der Waals surface area contributed by atoms with E-state index in [4.69, 9.17) is 4.52 Å². The first-order valence-corrected chi connectivity index (χ1v) is 9.53. The first kappa shape index (κ1) is 16.6. The summed E-state index contributed by atoms with van der Waals surface area (Å²) in [5, 5.41) is 18.0. The third-order valence-corrected chi connectivity index (χ3v) is 5.22. The molecule has 3 heterocycles. The van der Waals surface area contributed by atoms with Crippen molar-refractivity contribution >= 4 is 33.7 Å². The van der Waals surface area contributed by atoms with Crippen molar-refractivity contribution in [3.63, 3.8) is 0 Å².